The average molecular weight is 344 g/mol. The minimum atomic E-state index is -0.217. The highest BCUT2D eigenvalue weighted by Gasteiger charge is 2.18. The first kappa shape index (κ1) is 17.6. The number of carbonyl (C=O) groups excluding carboxylic acids is 1. The van der Waals surface area contributed by atoms with Crippen LogP contribution in [0.3, 0.4) is 0 Å². The highest BCUT2D eigenvalue weighted by atomic mass is 16.5. The van der Waals surface area contributed by atoms with Crippen molar-refractivity contribution in [1.29, 1.82) is 0 Å². The van der Waals surface area contributed by atoms with Gasteiger partial charge in [-0.2, -0.15) is 0 Å². The Morgan fingerprint density at radius 2 is 2.20 bits per heavy atom. The Balaban J connectivity index is 1.33. The van der Waals surface area contributed by atoms with Gasteiger partial charge >= 0.3 is 0 Å². The molecule has 6 heteroatoms. The van der Waals surface area contributed by atoms with Gasteiger partial charge in [0.05, 0.1) is 6.61 Å². The number of rotatable bonds is 9. The first-order valence-corrected chi connectivity index (χ1v) is 8.74. The van der Waals surface area contributed by atoms with E-state index in [9.17, 15) is 4.79 Å². The van der Waals surface area contributed by atoms with Crippen molar-refractivity contribution < 1.29 is 18.8 Å². The Morgan fingerprint density at radius 3 is 3.00 bits per heavy atom. The van der Waals surface area contributed by atoms with Crippen LogP contribution in [0.25, 0.3) is 0 Å². The summed E-state index contributed by atoms with van der Waals surface area (Å²) in [7, 11) is 0. The summed E-state index contributed by atoms with van der Waals surface area (Å²) in [5.41, 5.74) is 1.60. The predicted octanol–water partition coefficient (Wildman–Crippen LogP) is 2.59. The maximum absolute atomic E-state index is 12.0. The lowest BCUT2D eigenvalue weighted by Crippen LogP contribution is -2.29. The Labute approximate surface area is 147 Å². The molecule has 1 saturated heterocycles. The topological polar surface area (TPSA) is 73.6 Å². The van der Waals surface area contributed by atoms with Crippen LogP contribution >= 0.6 is 0 Å². The molecule has 1 unspecified atom stereocenters. The van der Waals surface area contributed by atoms with Crippen molar-refractivity contribution in [2.75, 3.05) is 26.4 Å². The van der Waals surface area contributed by atoms with Crippen LogP contribution in [0.5, 0.6) is 0 Å². The van der Waals surface area contributed by atoms with E-state index in [2.05, 4.69) is 22.6 Å². The van der Waals surface area contributed by atoms with Crippen LogP contribution < -0.4 is 5.32 Å². The van der Waals surface area contributed by atoms with Gasteiger partial charge in [-0.3, -0.25) is 4.79 Å². The van der Waals surface area contributed by atoms with Gasteiger partial charge in [-0.25, -0.2) is 0 Å². The number of hydrogen-bond acceptors (Lipinski definition) is 5. The molecule has 0 saturated carbocycles. The first-order chi connectivity index (χ1) is 12.3. The van der Waals surface area contributed by atoms with Crippen LogP contribution in [-0.4, -0.2) is 37.4 Å². The molecule has 1 aliphatic rings. The molecule has 0 bridgehead atoms. The summed E-state index contributed by atoms with van der Waals surface area (Å²) in [6.07, 6.45) is 2.91. The van der Waals surface area contributed by atoms with Crippen LogP contribution in [-0.2, 0) is 22.5 Å². The fourth-order valence-corrected chi connectivity index (χ4v) is 2.76. The summed E-state index contributed by atoms with van der Waals surface area (Å²) in [6, 6.07) is 11.9. The SMILES string of the molecule is O=C(NCC1CCOC1)c1cc(COCCCc2ccccc2)on1. The maximum atomic E-state index is 12.0. The van der Waals surface area contributed by atoms with Gasteiger partial charge in [0.15, 0.2) is 11.5 Å². The summed E-state index contributed by atoms with van der Waals surface area (Å²) in [5.74, 6) is 0.739. The van der Waals surface area contributed by atoms with Crippen LogP contribution in [0.2, 0.25) is 0 Å². The fourth-order valence-electron chi connectivity index (χ4n) is 2.76. The van der Waals surface area contributed by atoms with Gasteiger partial charge in [0.1, 0.15) is 6.61 Å². The van der Waals surface area contributed by atoms with E-state index in [-0.39, 0.29) is 5.91 Å². The fraction of sp³-hybridized carbons (Fsp3) is 0.474. The van der Waals surface area contributed by atoms with Gasteiger partial charge in [-0.05, 0) is 24.8 Å². The number of nitrogens with one attached hydrogen (secondary N) is 1. The second kappa shape index (κ2) is 9.34. The number of nitrogens with zero attached hydrogens (tertiary/aromatic N) is 1. The third-order valence-electron chi connectivity index (χ3n) is 4.21. The molecule has 25 heavy (non-hydrogen) atoms. The molecular formula is C19H24N2O4. The van der Waals surface area contributed by atoms with Crippen molar-refractivity contribution in [2.45, 2.75) is 25.9 Å². The minimum Gasteiger partial charge on any atom is -0.381 e. The van der Waals surface area contributed by atoms with Crippen LogP contribution in [0.4, 0.5) is 0 Å². The van der Waals surface area contributed by atoms with E-state index in [1.165, 1.54) is 5.56 Å². The first-order valence-electron chi connectivity index (χ1n) is 8.74. The van der Waals surface area contributed by atoms with Gasteiger partial charge in [0, 0.05) is 31.7 Å². The molecule has 1 N–H and O–H groups in total. The Bertz CT molecular complexity index is 650. The molecular weight excluding hydrogens is 320 g/mol. The van der Waals surface area contributed by atoms with Crippen molar-refractivity contribution in [3.05, 3.63) is 53.4 Å². The summed E-state index contributed by atoms with van der Waals surface area (Å²) in [4.78, 5) is 12.0. The zero-order valence-corrected chi connectivity index (χ0v) is 14.3. The quantitative estimate of drug-likeness (QED) is 0.708. The molecule has 6 nitrogen and oxygen atoms in total. The molecule has 2 heterocycles. The second-order valence-electron chi connectivity index (χ2n) is 6.26. The van der Waals surface area contributed by atoms with Gasteiger partial charge in [0.25, 0.3) is 5.91 Å². The molecule has 0 aliphatic carbocycles. The molecule has 1 fully saturated rings. The lowest BCUT2D eigenvalue weighted by Gasteiger charge is -2.07. The Hall–Kier alpha value is -2.18. The summed E-state index contributed by atoms with van der Waals surface area (Å²) < 4.78 is 16.0. The smallest absolute Gasteiger partial charge is 0.273 e. The Morgan fingerprint density at radius 1 is 1.32 bits per heavy atom. The molecule has 3 rings (SSSR count). The molecule has 134 valence electrons. The van der Waals surface area contributed by atoms with Crippen LogP contribution in [0.1, 0.15) is 34.7 Å². The van der Waals surface area contributed by atoms with E-state index in [1.54, 1.807) is 6.07 Å². The van der Waals surface area contributed by atoms with E-state index in [0.29, 0.717) is 43.7 Å². The molecule has 1 aliphatic heterocycles. The van der Waals surface area contributed by atoms with E-state index in [4.69, 9.17) is 14.0 Å². The predicted molar refractivity (Wildman–Crippen MR) is 92.2 cm³/mol. The number of aryl methyl sites for hydroxylation is 1. The zero-order valence-electron chi connectivity index (χ0n) is 14.3. The summed E-state index contributed by atoms with van der Waals surface area (Å²) in [5, 5.41) is 6.68. The van der Waals surface area contributed by atoms with Gasteiger partial charge in [-0.15, -0.1) is 0 Å². The number of carbonyl (C=O) groups is 1. The van der Waals surface area contributed by atoms with Crippen molar-refractivity contribution in [3.8, 4) is 0 Å². The third-order valence-corrected chi connectivity index (χ3v) is 4.21. The lowest BCUT2D eigenvalue weighted by atomic mass is 10.1. The van der Waals surface area contributed by atoms with Crippen LogP contribution in [0, 0.1) is 5.92 Å². The molecule has 2 aromatic rings. The van der Waals surface area contributed by atoms with E-state index < -0.39 is 0 Å². The third kappa shape index (κ3) is 5.69. The van der Waals surface area contributed by atoms with Crippen molar-refractivity contribution in [3.63, 3.8) is 0 Å². The monoisotopic (exact) mass is 344 g/mol. The molecule has 1 amide bonds. The Kier molecular flexibility index (Phi) is 6.59. The van der Waals surface area contributed by atoms with Crippen molar-refractivity contribution in [2.24, 2.45) is 5.92 Å². The average Bonchev–Trinajstić information content (AvgIpc) is 3.32. The van der Waals surface area contributed by atoms with Crippen LogP contribution in [0.15, 0.2) is 40.9 Å². The van der Waals surface area contributed by atoms with Crippen molar-refractivity contribution in [1.82, 2.24) is 10.5 Å². The largest absolute Gasteiger partial charge is 0.381 e. The van der Waals surface area contributed by atoms with Gasteiger partial charge < -0.3 is 19.3 Å². The molecule has 0 spiro atoms. The minimum absolute atomic E-state index is 0.217. The van der Waals surface area contributed by atoms with Gasteiger partial charge in [0.2, 0.25) is 0 Å². The maximum Gasteiger partial charge on any atom is 0.273 e. The molecule has 1 aromatic heterocycles. The normalized spacial score (nSPS) is 16.9. The number of ether oxygens (including phenoxy) is 2. The van der Waals surface area contributed by atoms with E-state index in [0.717, 1.165) is 25.9 Å². The summed E-state index contributed by atoms with van der Waals surface area (Å²) >= 11 is 0. The molecule has 1 aromatic carbocycles. The standard InChI is InChI=1S/C19H24N2O4/c22-19(20-12-16-8-10-24-13-16)18-11-17(25-21-18)14-23-9-4-7-15-5-2-1-3-6-15/h1-3,5-6,11,16H,4,7-10,12-14H2,(H,20,22). The zero-order chi connectivity index (χ0) is 17.3. The number of amides is 1. The van der Waals surface area contributed by atoms with E-state index >= 15 is 0 Å². The second-order valence-corrected chi connectivity index (χ2v) is 6.26. The highest BCUT2D eigenvalue weighted by molar-refractivity contribution is 5.92. The number of aromatic nitrogens is 1. The number of benzene rings is 1. The van der Waals surface area contributed by atoms with Gasteiger partial charge in [-0.1, -0.05) is 35.5 Å². The van der Waals surface area contributed by atoms with E-state index in [1.807, 2.05) is 18.2 Å². The summed E-state index contributed by atoms with van der Waals surface area (Å²) in [6.45, 7) is 3.05. The van der Waals surface area contributed by atoms with Crippen molar-refractivity contribution >= 4 is 5.91 Å². The molecule has 0 radical (unpaired) electrons. The molecule has 1 atom stereocenters. The number of hydrogen-bond donors (Lipinski definition) is 1. The lowest BCUT2D eigenvalue weighted by molar-refractivity contribution is 0.0928. The highest BCUT2D eigenvalue weighted by Crippen LogP contribution is 2.11.